The monoisotopic (exact) mass is 380 g/mol. The summed E-state index contributed by atoms with van der Waals surface area (Å²) in [4.78, 5) is 28.0. The minimum Gasteiger partial charge on any atom is -0.306 e. The summed E-state index contributed by atoms with van der Waals surface area (Å²) in [6.07, 6.45) is 7.83. The average Bonchev–Trinajstić information content (AvgIpc) is 2.70. The van der Waals surface area contributed by atoms with Crippen LogP contribution in [0.3, 0.4) is 0 Å². The normalized spacial score (nSPS) is 15.9. The molecule has 0 bridgehead atoms. The number of likely N-dealkylation sites (tertiary alicyclic amines) is 1. The Morgan fingerprint density at radius 2 is 2.04 bits per heavy atom. The number of Topliss-reactive ketones (excluding diaryl/α,β-unsaturated/α-hetero) is 1. The first-order valence-corrected chi connectivity index (χ1v) is 9.56. The maximum Gasteiger partial charge on any atom is 0.181 e. The Balaban J connectivity index is 1.51. The number of piperidine rings is 1. The van der Waals surface area contributed by atoms with Crippen LogP contribution >= 0.6 is 11.6 Å². The number of fused-ring (bicyclic) bond motifs is 1. The first-order valence-electron chi connectivity index (χ1n) is 9.18. The quantitative estimate of drug-likeness (QED) is 0.633. The van der Waals surface area contributed by atoms with Crippen LogP contribution in [0.1, 0.15) is 29.8 Å². The predicted molar refractivity (Wildman–Crippen MR) is 107 cm³/mol. The molecule has 1 aliphatic heterocycles. The summed E-state index contributed by atoms with van der Waals surface area (Å²) in [6, 6.07) is 7.32. The lowest BCUT2D eigenvalue weighted by molar-refractivity contribution is 0.0931. The molecule has 0 atom stereocenters. The van der Waals surface area contributed by atoms with E-state index in [-0.39, 0.29) is 5.78 Å². The maximum atomic E-state index is 12.6. The Hall–Kier alpha value is -2.37. The van der Waals surface area contributed by atoms with Crippen LogP contribution in [-0.2, 0) is 0 Å². The second kappa shape index (κ2) is 7.71. The van der Waals surface area contributed by atoms with Crippen molar-refractivity contribution in [1.29, 1.82) is 0 Å². The second-order valence-electron chi connectivity index (χ2n) is 7.19. The first-order chi connectivity index (χ1) is 13.1. The Bertz CT molecular complexity index is 966. The summed E-state index contributed by atoms with van der Waals surface area (Å²) >= 11 is 6.35. The average molecular weight is 381 g/mol. The molecular weight excluding hydrogens is 360 g/mol. The third-order valence-electron chi connectivity index (χ3n) is 5.22. The molecule has 27 heavy (non-hydrogen) atoms. The summed E-state index contributed by atoms with van der Waals surface area (Å²) in [7, 11) is 2.13. The third kappa shape index (κ3) is 3.99. The molecule has 6 heteroatoms. The van der Waals surface area contributed by atoms with Crippen LogP contribution in [0.2, 0.25) is 5.02 Å². The van der Waals surface area contributed by atoms with Gasteiger partial charge in [0.25, 0.3) is 0 Å². The van der Waals surface area contributed by atoms with E-state index in [9.17, 15) is 4.79 Å². The lowest BCUT2D eigenvalue weighted by Gasteiger charge is -2.28. The van der Waals surface area contributed by atoms with Crippen molar-refractivity contribution < 1.29 is 4.79 Å². The van der Waals surface area contributed by atoms with E-state index in [0.717, 1.165) is 48.1 Å². The molecule has 1 fully saturated rings. The molecule has 0 N–H and O–H groups in total. The van der Waals surface area contributed by atoms with Gasteiger partial charge in [-0.2, -0.15) is 0 Å². The Labute approximate surface area is 163 Å². The van der Waals surface area contributed by atoms with Gasteiger partial charge in [-0.1, -0.05) is 11.6 Å². The van der Waals surface area contributed by atoms with E-state index in [2.05, 4.69) is 26.9 Å². The van der Waals surface area contributed by atoms with Crippen LogP contribution in [0.15, 0.2) is 42.9 Å². The van der Waals surface area contributed by atoms with Gasteiger partial charge >= 0.3 is 0 Å². The van der Waals surface area contributed by atoms with Crippen LogP contribution < -0.4 is 0 Å². The van der Waals surface area contributed by atoms with Gasteiger partial charge in [0.1, 0.15) is 5.69 Å². The maximum absolute atomic E-state index is 12.6. The standard InChI is InChI=1S/C21H21ClN4O/c1-26-8-5-14(6-9-26)10-21(27)19-3-2-15(12-24-19)20-11-17(22)16-13-23-7-4-18(16)25-20/h2-4,7,11-14H,5-6,8-10H2,1H3. The Morgan fingerprint density at radius 3 is 2.78 bits per heavy atom. The first kappa shape index (κ1) is 18.0. The van der Waals surface area contributed by atoms with Gasteiger partial charge in [-0.15, -0.1) is 0 Å². The molecule has 5 nitrogen and oxygen atoms in total. The Kier molecular flexibility index (Phi) is 5.14. The fourth-order valence-electron chi connectivity index (χ4n) is 3.52. The molecule has 1 saturated heterocycles. The number of ketones is 1. The van der Waals surface area contributed by atoms with E-state index in [4.69, 9.17) is 11.6 Å². The molecule has 0 saturated carbocycles. The van der Waals surface area contributed by atoms with Crippen molar-refractivity contribution in [3.05, 3.63) is 53.6 Å². The van der Waals surface area contributed by atoms with Crippen LogP contribution in [0.5, 0.6) is 0 Å². The van der Waals surface area contributed by atoms with Crippen LogP contribution in [0.25, 0.3) is 22.2 Å². The molecule has 3 aromatic heterocycles. The van der Waals surface area contributed by atoms with Gasteiger partial charge in [0, 0.05) is 36.0 Å². The minimum absolute atomic E-state index is 0.117. The highest BCUT2D eigenvalue weighted by Gasteiger charge is 2.21. The van der Waals surface area contributed by atoms with Crippen molar-refractivity contribution in [2.45, 2.75) is 19.3 Å². The summed E-state index contributed by atoms with van der Waals surface area (Å²) in [5.74, 6) is 0.580. The number of carbonyl (C=O) groups is 1. The van der Waals surface area contributed by atoms with E-state index in [1.54, 1.807) is 24.7 Å². The van der Waals surface area contributed by atoms with Crippen molar-refractivity contribution in [2.24, 2.45) is 5.92 Å². The largest absolute Gasteiger partial charge is 0.306 e. The topological polar surface area (TPSA) is 59.0 Å². The summed E-state index contributed by atoms with van der Waals surface area (Å²) in [5.41, 5.74) is 2.88. The summed E-state index contributed by atoms with van der Waals surface area (Å²) < 4.78 is 0. The van der Waals surface area contributed by atoms with Crippen molar-refractivity contribution in [2.75, 3.05) is 20.1 Å². The second-order valence-corrected chi connectivity index (χ2v) is 7.60. The zero-order valence-electron chi connectivity index (χ0n) is 15.2. The number of carbonyl (C=O) groups excluding carboxylic acids is 1. The van der Waals surface area contributed by atoms with Gasteiger partial charge in [0.2, 0.25) is 0 Å². The highest BCUT2D eigenvalue weighted by atomic mass is 35.5. The number of pyridine rings is 3. The zero-order valence-corrected chi connectivity index (χ0v) is 16.0. The summed E-state index contributed by atoms with van der Waals surface area (Å²) in [5, 5.41) is 1.42. The molecule has 0 aromatic carbocycles. The molecule has 0 spiro atoms. The highest BCUT2D eigenvalue weighted by molar-refractivity contribution is 6.35. The van der Waals surface area contributed by atoms with E-state index in [1.165, 1.54) is 0 Å². The van der Waals surface area contributed by atoms with E-state index < -0.39 is 0 Å². The molecule has 4 heterocycles. The number of hydrogen-bond acceptors (Lipinski definition) is 5. The molecule has 1 aliphatic rings. The summed E-state index contributed by atoms with van der Waals surface area (Å²) in [6.45, 7) is 2.13. The van der Waals surface area contributed by atoms with Gasteiger partial charge in [-0.25, -0.2) is 4.98 Å². The van der Waals surface area contributed by atoms with Gasteiger partial charge in [0.15, 0.2) is 5.78 Å². The number of nitrogens with zero attached hydrogens (tertiary/aromatic N) is 4. The molecule has 0 radical (unpaired) electrons. The lowest BCUT2D eigenvalue weighted by atomic mass is 9.91. The van der Waals surface area contributed by atoms with Crippen molar-refractivity contribution in [1.82, 2.24) is 19.9 Å². The van der Waals surface area contributed by atoms with Crippen LogP contribution in [-0.4, -0.2) is 45.8 Å². The van der Waals surface area contributed by atoms with E-state index in [0.29, 0.717) is 23.1 Å². The van der Waals surface area contributed by atoms with Gasteiger partial charge < -0.3 is 4.90 Å². The molecule has 3 aromatic rings. The van der Waals surface area contributed by atoms with Crippen molar-refractivity contribution in [3.63, 3.8) is 0 Å². The van der Waals surface area contributed by atoms with Crippen LogP contribution in [0.4, 0.5) is 0 Å². The smallest absolute Gasteiger partial charge is 0.181 e. The fourth-order valence-corrected chi connectivity index (χ4v) is 3.77. The number of halogens is 1. The molecule has 4 rings (SSSR count). The number of rotatable bonds is 4. The molecule has 0 amide bonds. The fraction of sp³-hybridized carbons (Fsp3) is 0.333. The van der Waals surface area contributed by atoms with E-state index in [1.807, 2.05) is 18.2 Å². The lowest BCUT2D eigenvalue weighted by Crippen LogP contribution is -2.31. The third-order valence-corrected chi connectivity index (χ3v) is 5.53. The molecule has 138 valence electrons. The zero-order chi connectivity index (χ0) is 18.8. The van der Waals surface area contributed by atoms with Crippen molar-refractivity contribution >= 4 is 28.3 Å². The van der Waals surface area contributed by atoms with Crippen molar-refractivity contribution in [3.8, 4) is 11.3 Å². The predicted octanol–water partition coefficient (Wildman–Crippen LogP) is 4.26. The SMILES string of the molecule is CN1CCC(CC(=O)c2ccc(-c3cc(Cl)c4cnccc4n3)cn2)CC1. The molecule has 0 aliphatic carbocycles. The van der Waals surface area contributed by atoms with Gasteiger partial charge in [0.05, 0.1) is 16.2 Å². The number of aromatic nitrogens is 3. The minimum atomic E-state index is 0.117. The Morgan fingerprint density at radius 1 is 1.22 bits per heavy atom. The van der Waals surface area contributed by atoms with Gasteiger partial charge in [-0.05, 0) is 63.2 Å². The van der Waals surface area contributed by atoms with Crippen LogP contribution in [0, 0.1) is 5.92 Å². The highest BCUT2D eigenvalue weighted by Crippen LogP contribution is 2.27. The van der Waals surface area contributed by atoms with E-state index >= 15 is 0 Å². The molecular formula is C21H21ClN4O. The number of hydrogen-bond donors (Lipinski definition) is 0. The molecule has 0 unspecified atom stereocenters. The van der Waals surface area contributed by atoms with Gasteiger partial charge in [-0.3, -0.25) is 14.8 Å².